The van der Waals surface area contributed by atoms with Crippen LogP contribution in [0.25, 0.3) is 0 Å². The molecule has 3 nitrogen and oxygen atoms in total. The lowest BCUT2D eigenvalue weighted by Crippen LogP contribution is -2.44. The van der Waals surface area contributed by atoms with Crippen LogP contribution < -0.4 is 5.32 Å². The second-order valence-corrected chi connectivity index (χ2v) is 6.49. The van der Waals surface area contributed by atoms with Crippen LogP contribution in [0.5, 0.6) is 0 Å². The normalized spacial score (nSPS) is 35.9. The van der Waals surface area contributed by atoms with Gasteiger partial charge in [-0.2, -0.15) is 5.26 Å². The second-order valence-electron chi connectivity index (χ2n) is 6.49. The Morgan fingerprint density at radius 2 is 2.00 bits per heavy atom. The SMILES string of the molecule is CCNC1(C#N)CCC(N(CC2CC2)C2CC2)C1. The minimum atomic E-state index is -0.226. The maximum atomic E-state index is 9.46. The van der Waals surface area contributed by atoms with Crippen LogP contribution in [-0.4, -0.2) is 35.6 Å². The van der Waals surface area contributed by atoms with E-state index in [1.54, 1.807) is 0 Å². The highest BCUT2D eigenvalue weighted by Gasteiger charge is 2.45. The molecule has 2 atom stereocenters. The summed E-state index contributed by atoms with van der Waals surface area (Å²) >= 11 is 0. The molecule has 3 aliphatic rings. The van der Waals surface area contributed by atoms with Gasteiger partial charge in [0.15, 0.2) is 0 Å². The molecule has 0 aromatic rings. The zero-order valence-electron chi connectivity index (χ0n) is 11.5. The highest BCUT2D eigenvalue weighted by molar-refractivity contribution is 5.14. The third-order valence-electron chi connectivity index (χ3n) is 4.87. The van der Waals surface area contributed by atoms with Crippen LogP contribution in [0.2, 0.25) is 0 Å². The van der Waals surface area contributed by atoms with Gasteiger partial charge in [-0.15, -0.1) is 0 Å². The number of nitriles is 1. The van der Waals surface area contributed by atoms with E-state index in [2.05, 4.69) is 23.2 Å². The van der Waals surface area contributed by atoms with E-state index >= 15 is 0 Å². The van der Waals surface area contributed by atoms with Crippen molar-refractivity contribution in [1.82, 2.24) is 10.2 Å². The number of nitrogens with one attached hydrogen (secondary N) is 1. The summed E-state index contributed by atoms with van der Waals surface area (Å²) in [7, 11) is 0. The lowest BCUT2D eigenvalue weighted by Gasteiger charge is -2.30. The lowest BCUT2D eigenvalue weighted by molar-refractivity contribution is 0.174. The first-order valence-corrected chi connectivity index (χ1v) is 7.68. The molecule has 3 aliphatic carbocycles. The van der Waals surface area contributed by atoms with E-state index in [0.29, 0.717) is 6.04 Å². The highest BCUT2D eigenvalue weighted by Crippen LogP contribution is 2.41. The summed E-state index contributed by atoms with van der Waals surface area (Å²) in [6.07, 6.45) is 8.95. The Bertz CT molecular complexity index is 340. The fourth-order valence-corrected chi connectivity index (χ4v) is 3.54. The molecular formula is C15H25N3. The first kappa shape index (κ1) is 12.4. The number of hydrogen-bond donors (Lipinski definition) is 1. The lowest BCUT2D eigenvalue weighted by atomic mass is 9.99. The summed E-state index contributed by atoms with van der Waals surface area (Å²) in [6, 6.07) is 4.07. The van der Waals surface area contributed by atoms with Crippen LogP contribution in [0.15, 0.2) is 0 Å². The predicted molar refractivity (Wildman–Crippen MR) is 72.1 cm³/mol. The van der Waals surface area contributed by atoms with Gasteiger partial charge in [0.25, 0.3) is 0 Å². The Morgan fingerprint density at radius 1 is 1.22 bits per heavy atom. The predicted octanol–water partition coefficient (Wildman–Crippen LogP) is 2.29. The van der Waals surface area contributed by atoms with E-state index in [-0.39, 0.29) is 5.54 Å². The van der Waals surface area contributed by atoms with Gasteiger partial charge < -0.3 is 0 Å². The molecule has 0 aromatic heterocycles. The average molecular weight is 247 g/mol. The van der Waals surface area contributed by atoms with Crippen LogP contribution in [0.4, 0.5) is 0 Å². The van der Waals surface area contributed by atoms with Gasteiger partial charge >= 0.3 is 0 Å². The van der Waals surface area contributed by atoms with E-state index in [9.17, 15) is 5.26 Å². The Kier molecular flexibility index (Phi) is 3.34. The first-order valence-electron chi connectivity index (χ1n) is 7.68. The zero-order chi connectivity index (χ0) is 12.6. The van der Waals surface area contributed by atoms with Crippen molar-refractivity contribution in [2.24, 2.45) is 5.92 Å². The van der Waals surface area contributed by atoms with Gasteiger partial charge in [-0.25, -0.2) is 0 Å². The molecule has 0 aromatic carbocycles. The Hall–Kier alpha value is -0.590. The van der Waals surface area contributed by atoms with Crippen LogP contribution in [0.3, 0.4) is 0 Å². The minimum absolute atomic E-state index is 0.226. The van der Waals surface area contributed by atoms with Crippen molar-refractivity contribution in [3.8, 4) is 6.07 Å². The summed E-state index contributed by atoms with van der Waals surface area (Å²) in [5.41, 5.74) is -0.226. The van der Waals surface area contributed by atoms with Crippen molar-refractivity contribution < 1.29 is 0 Å². The van der Waals surface area contributed by atoms with Gasteiger partial charge in [0.05, 0.1) is 6.07 Å². The number of rotatable bonds is 6. The summed E-state index contributed by atoms with van der Waals surface area (Å²) in [5, 5.41) is 12.9. The fraction of sp³-hybridized carbons (Fsp3) is 0.933. The molecule has 0 aliphatic heterocycles. The van der Waals surface area contributed by atoms with Crippen LogP contribution in [0.1, 0.15) is 51.9 Å². The van der Waals surface area contributed by atoms with Gasteiger partial charge in [-0.3, -0.25) is 10.2 Å². The zero-order valence-corrected chi connectivity index (χ0v) is 11.5. The quantitative estimate of drug-likeness (QED) is 0.782. The van der Waals surface area contributed by atoms with E-state index < -0.39 is 0 Å². The topological polar surface area (TPSA) is 39.1 Å². The van der Waals surface area contributed by atoms with Gasteiger partial charge in [0.2, 0.25) is 0 Å². The Labute approximate surface area is 111 Å². The smallest absolute Gasteiger partial charge is 0.108 e. The standard InChI is InChI=1S/C15H25N3/c1-2-17-15(11-16)8-7-14(9-15)18(13-5-6-13)10-12-3-4-12/h12-14,17H,2-10H2,1H3. The molecule has 3 saturated carbocycles. The molecule has 3 fully saturated rings. The molecule has 0 spiro atoms. The molecule has 18 heavy (non-hydrogen) atoms. The fourth-order valence-electron chi connectivity index (χ4n) is 3.54. The van der Waals surface area contributed by atoms with Gasteiger partial charge in [0.1, 0.15) is 5.54 Å². The highest BCUT2D eigenvalue weighted by atomic mass is 15.2. The molecule has 0 heterocycles. The Morgan fingerprint density at radius 3 is 2.56 bits per heavy atom. The van der Waals surface area contributed by atoms with E-state index in [1.807, 2.05) is 0 Å². The average Bonchev–Trinajstić information content (AvgIpc) is 3.27. The number of nitrogens with zero attached hydrogens (tertiary/aromatic N) is 2. The number of hydrogen-bond acceptors (Lipinski definition) is 3. The van der Waals surface area contributed by atoms with Crippen LogP contribution >= 0.6 is 0 Å². The molecule has 0 bridgehead atoms. The van der Waals surface area contributed by atoms with E-state index in [0.717, 1.165) is 31.3 Å². The minimum Gasteiger partial charge on any atom is -0.300 e. The Balaban J connectivity index is 1.63. The monoisotopic (exact) mass is 247 g/mol. The van der Waals surface area contributed by atoms with E-state index in [1.165, 1.54) is 38.6 Å². The molecule has 0 amide bonds. The van der Waals surface area contributed by atoms with Gasteiger partial charge in [-0.05, 0) is 57.4 Å². The third kappa shape index (κ3) is 2.55. The maximum Gasteiger partial charge on any atom is 0.108 e. The van der Waals surface area contributed by atoms with Crippen molar-refractivity contribution in [3.63, 3.8) is 0 Å². The molecule has 2 unspecified atom stereocenters. The molecule has 0 radical (unpaired) electrons. The van der Waals surface area contributed by atoms with Crippen LogP contribution in [0, 0.1) is 17.2 Å². The molecule has 0 saturated heterocycles. The van der Waals surface area contributed by atoms with Crippen molar-refractivity contribution in [2.75, 3.05) is 13.1 Å². The molecular weight excluding hydrogens is 222 g/mol. The van der Waals surface area contributed by atoms with Crippen molar-refractivity contribution >= 4 is 0 Å². The van der Waals surface area contributed by atoms with Gasteiger partial charge in [0, 0.05) is 18.6 Å². The molecule has 3 rings (SSSR count). The summed E-state index contributed by atoms with van der Waals surface area (Å²) < 4.78 is 0. The van der Waals surface area contributed by atoms with Crippen molar-refractivity contribution in [2.45, 2.75) is 69.5 Å². The molecule has 3 heteroatoms. The first-order chi connectivity index (χ1) is 8.76. The molecule has 100 valence electrons. The molecule has 1 N–H and O–H groups in total. The van der Waals surface area contributed by atoms with Gasteiger partial charge in [-0.1, -0.05) is 6.92 Å². The third-order valence-corrected chi connectivity index (χ3v) is 4.87. The summed E-state index contributed by atoms with van der Waals surface area (Å²) in [4.78, 5) is 2.76. The summed E-state index contributed by atoms with van der Waals surface area (Å²) in [6.45, 7) is 4.32. The van der Waals surface area contributed by atoms with Crippen molar-refractivity contribution in [3.05, 3.63) is 0 Å². The summed E-state index contributed by atoms with van der Waals surface area (Å²) in [5.74, 6) is 0.974. The second kappa shape index (κ2) is 4.83. The maximum absolute atomic E-state index is 9.46. The largest absolute Gasteiger partial charge is 0.300 e. The van der Waals surface area contributed by atoms with Crippen molar-refractivity contribution in [1.29, 1.82) is 5.26 Å². The van der Waals surface area contributed by atoms with Crippen LogP contribution in [-0.2, 0) is 0 Å². The van der Waals surface area contributed by atoms with E-state index in [4.69, 9.17) is 0 Å².